The smallest absolute Gasteiger partial charge is 0.337 e. The number of benzene rings is 3. The number of hydrogen-bond donors (Lipinski definition) is 1. The van der Waals surface area contributed by atoms with Gasteiger partial charge >= 0.3 is 5.97 Å². The highest BCUT2D eigenvalue weighted by molar-refractivity contribution is 6.35. The van der Waals surface area contributed by atoms with Crippen molar-refractivity contribution in [2.45, 2.75) is 66.5 Å². The van der Waals surface area contributed by atoms with Crippen molar-refractivity contribution >= 4 is 63.0 Å². The van der Waals surface area contributed by atoms with E-state index < -0.39 is 5.97 Å². The Morgan fingerprint density at radius 3 is 2.35 bits per heavy atom. The van der Waals surface area contributed by atoms with Gasteiger partial charge in [0.25, 0.3) is 0 Å². The van der Waals surface area contributed by atoms with Gasteiger partial charge in [-0.2, -0.15) is 5.10 Å². The van der Waals surface area contributed by atoms with Gasteiger partial charge in [-0.3, -0.25) is 9.48 Å². The van der Waals surface area contributed by atoms with Crippen molar-refractivity contribution < 1.29 is 19.4 Å². The molecule has 11 heteroatoms. The molecule has 6 rings (SSSR count). The Labute approximate surface area is 314 Å². The molecular formula is C41H45Cl2N5O4. The number of hydrogen-bond acceptors (Lipinski definition) is 5. The number of ether oxygens (including phenoxy) is 1. The summed E-state index contributed by atoms with van der Waals surface area (Å²) >= 11 is 13.5. The zero-order valence-corrected chi connectivity index (χ0v) is 32.5. The van der Waals surface area contributed by atoms with Crippen LogP contribution in [0.15, 0.2) is 48.7 Å². The first-order chi connectivity index (χ1) is 24.8. The summed E-state index contributed by atoms with van der Waals surface area (Å²) in [4.78, 5) is 27.7. The van der Waals surface area contributed by atoms with Crippen molar-refractivity contribution in [3.63, 3.8) is 0 Å². The van der Waals surface area contributed by atoms with Crippen LogP contribution in [0.25, 0.3) is 32.9 Å². The predicted molar refractivity (Wildman–Crippen MR) is 211 cm³/mol. The molecule has 0 bridgehead atoms. The molecule has 0 fully saturated rings. The van der Waals surface area contributed by atoms with Gasteiger partial charge in [-0.1, -0.05) is 36.2 Å². The summed E-state index contributed by atoms with van der Waals surface area (Å²) in [6, 6.07) is 13.4. The average Bonchev–Trinajstić information content (AvgIpc) is 3.72. The number of fused-ring (bicyclic) bond motifs is 2. The predicted octanol–water partition coefficient (Wildman–Crippen LogP) is 9.51. The minimum atomic E-state index is -0.980. The molecule has 0 saturated heterocycles. The fourth-order valence-corrected chi connectivity index (χ4v) is 8.00. The Morgan fingerprint density at radius 2 is 1.73 bits per heavy atom. The Morgan fingerprint density at radius 1 is 1.02 bits per heavy atom. The van der Waals surface area contributed by atoms with E-state index >= 15 is 0 Å². The molecule has 1 atom stereocenters. The van der Waals surface area contributed by atoms with Crippen LogP contribution in [0.5, 0.6) is 5.75 Å². The van der Waals surface area contributed by atoms with Crippen molar-refractivity contribution in [2.75, 3.05) is 18.6 Å². The molecule has 0 aliphatic heterocycles. The normalized spacial score (nSPS) is 12.2. The fourth-order valence-electron chi connectivity index (χ4n) is 7.64. The van der Waals surface area contributed by atoms with Crippen LogP contribution < -0.4 is 9.64 Å². The molecular weight excluding hydrogens is 697 g/mol. The van der Waals surface area contributed by atoms with Crippen molar-refractivity contribution in [3.8, 4) is 16.9 Å². The van der Waals surface area contributed by atoms with Crippen LogP contribution in [0.1, 0.15) is 68.7 Å². The van der Waals surface area contributed by atoms with E-state index in [0.29, 0.717) is 42.2 Å². The number of aryl methyl sites for hydroxylation is 6. The molecule has 9 nitrogen and oxygen atoms in total. The maximum atomic E-state index is 13.2. The first-order valence-corrected chi connectivity index (χ1v) is 18.3. The molecule has 1 unspecified atom stereocenters. The molecule has 6 aromatic rings. The van der Waals surface area contributed by atoms with E-state index in [1.165, 1.54) is 0 Å². The molecule has 0 spiro atoms. The topological polar surface area (TPSA) is 94.5 Å². The Hall–Kier alpha value is -4.73. The Balaban J connectivity index is 1.45. The first-order valence-electron chi connectivity index (χ1n) is 17.5. The molecule has 3 aromatic carbocycles. The van der Waals surface area contributed by atoms with Crippen LogP contribution in [0.3, 0.4) is 0 Å². The second-order valence-electron chi connectivity index (χ2n) is 13.7. The van der Waals surface area contributed by atoms with E-state index in [2.05, 4.69) is 16.4 Å². The van der Waals surface area contributed by atoms with Gasteiger partial charge in [0.15, 0.2) is 6.29 Å². The first kappa shape index (κ1) is 37.0. The van der Waals surface area contributed by atoms with Crippen LogP contribution >= 0.6 is 23.2 Å². The monoisotopic (exact) mass is 741 g/mol. The number of anilines is 1. The average molecular weight is 743 g/mol. The molecule has 3 aromatic heterocycles. The van der Waals surface area contributed by atoms with Gasteiger partial charge in [0.2, 0.25) is 0 Å². The van der Waals surface area contributed by atoms with Gasteiger partial charge in [-0.05, 0) is 100 Å². The number of aromatic carboxylic acids is 1. The summed E-state index contributed by atoms with van der Waals surface area (Å²) in [5.41, 5.74) is 9.64. The Kier molecular flexibility index (Phi) is 10.5. The molecule has 0 aliphatic rings. The number of aromatic nitrogens is 4. The molecule has 52 heavy (non-hydrogen) atoms. The quantitative estimate of drug-likeness (QED) is 0.0936. The summed E-state index contributed by atoms with van der Waals surface area (Å²) in [5, 5.41) is 18.0. The van der Waals surface area contributed by atoms with Gasteiger partial charge in [0.1, 0.15) is 5.75 Å². The van der Waals surface area contributed by atoms with E-state index in [-0.39, 0.29) is 11.6 Å². The zero-order valence-electron chi connectivity index (χ0n) is 31.0. The maximum absolute atomic E-state index is 13.2. The van der Waals surface area contributed by atoms with Gasteiger partial charge < -0.3 is 23.9 Å². The molecule has 3 heterocycles. The number of carboxylic acids is 1. The second-order valence-corrected chi connectivity index (χ2v) is 14.5. The third-order valence-electron chi connectivity index (χ3n) is 10.4. The molecule has 0 aliphatic carbocycles. The third kappa shape index (κ3) is 6.56. The van der Waals surface area contributed by atoms with Crippen molar-refractivity contribution in [1.29, 1.82) is 0 Å². The molecule has 0 saturated carbocycles. The Bertz CT molecular complexity index is 2330. The van der Waals surface area contributed by atoms with Crippen LogP contribution in [0.2, 0.25) is 10.0 Å². The fraction of sp³-hybridized carbons (Fsp3) is 0.341. The third-order valence-corrected chi connectivity index (χ3v) is 11.4. The lowest BCUT2D eigenvalue weighted by Gasteiger charge is -2.31. The molecule has 0 radical (unpaired) electrons. The van der Waals surface area contributed by atoms with E-state index in [1.54, 1.807) is 6.07 Å². The van der Waals surface area contributed by atoms with Gasteiger partial charge in [0, 0.05) is 78.2 Å². The minimum Gasteiger partial charge on any atom is -0.494 e. The largest absolute Gasteiger partial charge is 0.494 e. The lowest BCUT2D eigenvalue weighted by molar-refractivity contribution is 0.0698. The summed E-state index contributed by atoms with van der Waals surface area (Å²) in [7, 11) is 5.75. The van der Waals surface area contributed by atoms with Crippen molar-refractivity contribution in [3.05, 3.63) is 98.0 Å². The maximum Gasteiger partial charge on any atom is 0.337 e. The van der Waals surface area contributed by atoms with Gasteiger partial charge in [-0.15, -0.1) is 0 Å². The van der Waals surface area contributed by atoms with E-state index in [1.807, 2.05) is 101 Å². The number of carbonyl (C=O) groups is 2. The number of halogens is 2. The van der Waals surface area contributed by atoms with Crippen molar-refractivity contribution in [2.24, 2.45) is 14.1 Å². The highest BCUT2D eigenvalue weighted by Crippen LogP contribution is 2.42. The summed E-state index contributed by atoms with van der Waals surface area (Å²) in [6.07, 6.45) is 4.84. The van der Waals surface area contributed by atoms with E-state index in [0.717, 1.165) is 84.7 Å². The zero-order chi connectivity index (χ0) is 37.6. The number of rotatable bonds is 13. The summed E-state index contributed by atoms with van der Waals surface area (Å²) in [6.45, 7) is 11.0. The highest BCUT2D eigenvalue weighted by Gasteiger charge is 2.27. The van der Waals surface area contributed by atoms with Crippen LogP contribution in [0.4, 0.5) is 5.69 Å². The number of nitrogens with zero attached hydrogens (tertiary/aromatic N) is 5. The molecule has 1 N–H and O–H groups in total. The van der Waals surface area contributed by atoms with Crippen molar-refractivity contribution in [1.82, 2.24) is 18.9 Å². The minimum absolute atomic E-state index is 0.104. The van der Waals surface area contributed by atoms with Crippen LogP contribution in [0, 0.1) is 27.7 Å². The van der Waals surface area contributed by atoms with E-state index in [9.17, 15) is 14.7 Å². The number of likely N-dealkylation sites (N-methyl/N-ethyl adjacent to an activating group) is 1. The number of carbonyl (C=O) groups excluding carboxylic acids is 1. The molecule has 0 amide bonds. The molecule has 272 valence electrons. The lowest BCUT2D eigenvalue weighted by atomic mass is 9.98. The van der Waals surface area contributed by atoms with Gasteiger partial charge in [0.05, 0.1) is 39.6 Å². The van der Waals surface area contributed by atoms with E-state index in [4.69, 9.17) is 33.0 Å². The second kappa shape index (κ2) is 14.7. The summed E-state index contributed by atoms with van der Waals surface area (Å²) < 4.78 is 12.0. The van der Waals surface area contributed by atoms with Gasteiger partial charge in [-0.25, -0.2) is 4.79 Å². The number of carboxylic acid groups (broad SMARTS) is 1. The van der Waals surface area contributed by atoms with Crippen LogP contribution in [-0.4, -0.2) is 56.0 Å². The number of aldehydes is 1. The SMILES string of the molecule is CCC(Cn1c(C=O)c(CCCOc2cc(C)c(Cl)c(C)c2)c2ccc(Cl)c(-c3c(C)nn(C)c3C)c21)N(C)c1cc(C(=O)O)c2c(ccn2C)c1. The van der Waals surface area contributed by atoms with Crippen LogP contribution in [-0.2, 0) is 27.1 Å². The highest BCUT2D eigenvalue weighted by atomic mass is 35.5. The lowest BCUT2D eigenvalue weighted by Crippen LogP contribution is -2.35. The standard InChI is InChI=1S/C41H45Cl2N5O4/c1-9-28(46(7)29-19-27-14-15-45(6)39(27)33(20-29)41(50)51)21-48-35(22-49)31(11-10-16-52-30-17-23(2)38(43)24(3)18-30)32-12-13-34(42)37(40(32)48)36-25(4)44-47(8)26(36)5/h12-15,17-20,22,28H,9-11,16,21H2,1-8H3,(H,50,51). The summed E-state index contributed by atoms with van der Waals surface area (Å²) in [5.74, 6) is -0.214.